The fourth-order valence-corrected chi connectivity index (χ4v) is 4.30. The van der Waals surface area contributed by atoms with Crippen LogP contribution in [0, 0.1) is 11.6 Å². The third-order valence-corrected chi connectivity index (χ3v) is 6.19. The number of rotatable bonds is 6. The van der Waals surface area contributed by atoms with Crippen molar-refractivity contribution in [2.75, 3.05) is 11.9 Å². The van der Waals surface area contributed by atoms with Gasteiger partial charge < -0.3 is 15.4 Å². The summed E-state index contributed by atoms with van der Waals surface area (Å²) in [5, 5.41) is 12.4. The molecule has 1 aliphatic heterocycles. The Kier molecular flexibility index (Phi) is 6.96. The summed E-state index contributed by atoms with van der Waals surface area (Å²) in [4.78, 5) is 22.1. The van der Waals surface area contributed by atoms with Gasteiger partial charge in [0.15, 0.2) is 0 Å². The number of carbonyl (C=O) groups excluding carboxylic acids is 1. The van der Waals surface area contributed by atoms with E-state index in [1.165, 1.54) is 25.4 Å². The number of nitrogens with one attached hydrogen (secondary N) is 3. The second-order valence-electron chi connectivity index (χ2n) is 8.84. The van der Waals surface area contributed by atoms with Crippen LogP contribution in [0.3, 0.4) is 0 Å². The minimum atomic E-state index is -4.77. The van der Waals surface area contributed by atoms with Gasteiger partial charge in [-0.25, -0.2) is 13.8 Å². The van der Waals surface area contributed by atoms with Crippen molar-refractivity contribution in [3.05, 3.63) is 94.5 Å². The van der Waals surface area contributed by atoms with Gasteiger partial charge in [0.1, 0.15) is 23.5 Å². The molecule has 1 unspecified atom stereocenters. The number of pyridine rings is 1. The first-order valence-electron chi connectivity index (χ1n) is 12.0. The predicted molar refractivity (Wildman–Crippen MR) is 137 cm³/mol. The second-order valence-corrected chi connectivity index (χ2v) is 8.84. The number of anilines is 1. The lowest BCUT2D eigenvalue weighted by molar-refractivity contribution is -0.137. The van der Waals surface area contributed by atoms with E-state index < -0.39 is 35.3 Å². The van der Waals surface area contributed by atoms with E-state index in [9.17, 15) is 22.4 Å². The van der Waals surface area contributed by atoms with Crippen molar-refractivity contribution in [2.24, 2.45) is 4.99 Å². The Labute approximate surface area is 224 Å². The zero-order chi connectivity index (χ0) is 28.6. The number of fused-ring (bicyclic) bond motifs is 1. The van der Waals surface area contributed by atoms with Gasteiger partial charge in [-0.05, 0) is 38.1 Å². The van der Waals surface area contributed by atoms with Gasteiger partial charge in [-0.2, -0.15) is 18.3 Å². The maximum atomic E-state index is 15.2. The first-order valence-corrected chi connectivity index (χ1v) is 12.0. The van der Waals surface area contributed by atoms with E-state index in [2.05, 4.69) is 30.8 Å². The second kappa shape index (κ2) is 10.4. The number of amides is 1. The smallest absolute Gasteiger partial charge is 0.416 e. The normalized spacial score (nSPS) is 15.6. The highest BCUT2D eigenvalue weighted by Gasteiger charge is 2.35. The fourth-order valence-electron chi connectivity index (χ4n) is 4.30. The van der Waals surface area contributed by atoms with Crippen LogP contribution in [-0.4, -0.2) is 33.5 Å². The van der Waals surface area contributed by atoms with Crippen LogP contribution in [-0.2, 0) is 11.0 Å². The summed E-state index contributed by atoms with van der Waals surface area (Å²) in [5.74, 6) is -2.30. The highest BCUT2D eigenvalue weighted by molar-refractivity contribution is 6.09. The minimum absolute atomic E-state index is 0.117. The van der Waals surface area contributed by atoms with Crippen molar-refractivity contribution in [2.45, 2.75) is 26.1 Å². The fraction of sp³-hybridized carbons (Fsp3) is 0.185. The number of halogens is 5. The van der Waals surface area contributed by atoms with E-state index in [-0.39, 0.29) is 34.2 Å². The summed E-state index contributed by atoms with van der Waals surface area (Å²) in [6.45, 7) is 3.65. The van der Waals surface area contributed by atoms with Crippen LogP contribution >= 0.6 is 0 Å². The first-order chi connectivity index (χ1) is 19.0. The number of alkyl halides is 3. The molecule has 206 valence electrons. The molecule has 3 N–H and O–H groups in total. The Balaban J connectivity index is 1.58. The van der Waals surface area contributed by atoms with Crippen molar-refractivity contribution in [1.82, 2.24) is 20.5 Å². The lowest BCUT2D eigenvalue weighted by Crippen LogP contribution is -2.34. The number of benzene rings is 2. The molecule has 3 heterocycles. The highest BCUT2D eigenvalue weighted by atomic mass is 19.4. The molecular weight excluding hydrogens is 535 g/mol. The molecule has 0 saturated heterocycles. The van der Waals surface area contributed by atoms with Crippen molar-refractivity contribution in [3.8, 4) is 5.88 Å². The van der Waals surface area contributed by atoms with Crippen LogP contribution in [0.1, 0.15) is 36.6 Å². The molecule has 0 aliphatic carbocycles. The maximum Gasteiger partial charge on any atom is 0.416 e. The van der Waals surface area contributed by atoms with E-state index in [0.29, 0.717) is 35.2 Å². The molecule has 2 aromatic carbocycles. The Bertz CT molecular complexity index is 1680. The third-order valence-electron chi connectivity index (χ3n) is 6.19. The summed E-state index contributed by atoms with van der Waals surface area (Å²) in [6, 6.07) is 6.32. The van der Waals surface area contributed by atoms with Crippen molar-refractivity contribution >= 4 is 28.3 Å². The number of nitrogens with zero attached hydrogens (tertiary/aromatic N) is 3. The van der Waals surface area contributed by atoms with Crippen molar-refractivity contribution in [3.63, 3.8) is 0 Å². The number of H-pyrrole nitrogens is 1. The van der Waals surface area contributed by atoms with Gasteiger partial charge in [0.2, 0.25) is 5.88 Å². The Morgan fingerprint density at radius 2 is 1.90 bits per heavy atom. The monoisotopic (exact) mass is 556 g/mol. The quantitative estimate of drug-likeness (QED) is 0.266. The summed E-state index contributed by atoms with van der Waals surface area (Å²) < 4.78 is 75.0. The Morgan fingerprint density at radius 1 is 1.10 bits per heavy atom. The van der Waals surface area contributed by atoms with Crippen LogP contribution in [0.15, 0.2) is 71.1 Å². The standard InChI is InChI=1S/C27H21F5N6O2/c1-3-40-22-9-14(6-7-33-22)25-35-13(2)23(24(37-25)17-5-4-16(10-18(17)28)27(30,31)32)26(39)36-21-8-15-12-34-38-20(15)11-19(21)29/h4-12,24H,3H2,1-2H3,(H,34,38)(H,35,37)(H,36,39). The average Bonchev–Trinajstić information content (AvgIpc) is 3.35. The number of amidine groups is 1. The first kappa shape index (κ1) is 26.8. The van der Waals surface area contributed by atoms with Gasteiger partial charge in [-0.1, -0.05) is 6.07 Å². The van der Waals surface area contributed by atoms with Crippen molar-refractivity contribution in [1.29, 1.82) is 0 Å². The molecule has 0 spiro atoms. The van der Waals surface area contributed by atoms with Gasteiger partial charge in [-0.15, -0.1) is 0 Å². The van der Waals surface area contributed by atoms with Gasteiger partial charge >= 0.3 is 6.18 Å². The molecular formula is C27H21F5N6O2. The molecule has 0 saturated carbocycles. The highest BCUT2D eigenvalue weighted by Crippen LogP contribution is 2.37. The summed E-state index contributed by atoms with van der Waals surface area (Å²) in [7, 11) is 0. The SMILES string of the molecule is CCOc1cc(C2=NC(c3ccc(C(F)(F)F)cc3F)C(C(=O)Nc3cc4cn[nH]c4cc3F)=C(C)N2)ccn1. The lowest BCUT2D eigenvalue weighted by atomic mass is 9.93. The predicted octanol–water partition coefficient (Wildman–Crippen LogP) is 5.66. The zero-order valence-electron chi connectivity index (χ0n) is 21.0. The number of ether oxygens (including phenoxy) is 1. The molecule has 0 fully saturated rings. The maximum absolute atomic E-state index is 15.2. The Hall–Kier alpha value is -4.81. The minimum Gasteiger partial charge on any atom is -0.478 e. The van der Waals surface area contributed by atoms with Crippen LogP contribution in [0.2, 0.25) is 0 Å². The number of hydrogen-bond acceptors (Lipinski definition) is 6. The number of aromatic nitrogens is 3. The molecule has 2 aromatic heterocycles. The Morgan fingerprint density at radius 3 is 2.62 bits per heavy atom. The van der Waals surface area contributed by atoms with Gasteiger partial charge in [0.25, 0.3) is 5.91 Å². The summed E-state index contributed by atoms with van der Waals surface area (Å²) in [5.41, 5.74) is -0.638. The summed E-state index contributed by atoms with van der Waals surface area (Å²) >= 11 is 0. The molecule has 1 aliphatic rings. The number of allylic oxidation sites excluding steroid dienone is 1. The number of carbonyl (C=O) groups is 1. The molecule has 8 nitrogen and oxygen atoms in total. The van der Waals surface area contributed by atoms with Crippen LogP contribution in [0.4, 0.5) is 27.6 Å². The van der Waals surface area contributed by atoms with Gasteiger partial charge in [0, 0.05) is 40.5 Å². The lowest BCUT2D eigenvalue weighted by Gasteiger charge is -2.27. The number of aromatic amines is 1. The molecule has 1 amide bonds. The molecule has 40 heavy (non-hydrogen) atoms. The topological polar surface area (TPSA) is 104 Å². The van der Waals surface area contributed by atoms with Crippen LogP contribution in [0.5, 0.6) is 5.88 Å². The van der Waals surface area contributed by atoms with E-state index in [1.54, 1.807) is 19.1 Å². The third kappa shape index (κ3) is 5.22. The number of aliphatic imine (C=N–C) groups is 1. The average molecular weight is 556 g/mol. The molecule has 4 aromatic rings. The molecule has 0 radical (unpaired) electrons. The van der Waals surface area contributed by atoms with E-state index >= 15 is 4.39 Å². The van der Waals surface area contributed by atoms with Gasteiger partial charge in [0.05, 0.1) is 35.1 Å². The van der Waals surface area contributed by atoms with Gasteiger partial charge in [-0.3, -0.25) is 14.9 Å². The molecule has 0 bridgehead atoms. The molecule has 1 atom stereocenters. The summed E-state index contributed by atoms with van der Waals surface area (Å²) in [6.07, 6.45) is -1.86. The van der Waals surface area contributed by atoms with E-state index in [4.69, 9.17) is 4.74 Å². The number of hydrogen-bond donors (Lipinski definition) is 3. The van der Waals surface area contributed by atoms with E-state index in [1.807, 2.05) is 0 Å². The zero-order valence-corrected chi connectivity index (χ0v) is 21.0. The van der Waals surface area contributed by atoms with Crippen LogP contribution < -0.4 is 15.4 Å². The largest absolute Gasteiger partial charge is 0.478 e. The van der Waals surface area contributed by atoms with Crippen molar-refractivity contribution < 1.29 is 31.5 Å². The van der Waals surface area contributed by atoms with Crippen LogP contribution in [0.25, 0.3) is 10.9 Å². The molecule has 5 rings (SSSR count). The van der Waals surface area contributed by atoms with E-state index in [0.717, 1.165) is 12.1 Å². The molecule has 13 heteroatoms.